The van der Waals surface area contributed by atoms with Gasteiger partial charge in [0.05, 0.1) is 5.75 Å². The Hall–Kier alpha value is -1.80. The van der Waals surface area contributed by atoms with Crippen molar-refractivity contribution in [2.45, 2.75) is 46.6 Å². The summed E-state index contributed by atoms with van der Waals surface area (Å²) in [5.41, 5.74) is 2.43. The van der Waals surface area contributed by atoms with Crippen LogP contribution in [0.15, 0.2) is 18.2 Å². The highest BCUT2D eigenvalue weighted by molar-refractivity contribution is 7.92. The monoisotopic (exact) mass is 440 g/mol. The van der Waals surface area contributed by atoms with E-state index in [1.165, 1.54) is 0 Å². The van der Waals surface area contributed by atoms with Crippen molar-refractivity contribution >= 4 is 27.3 Å². The Morgan fingerprint density at radius 3 is 2.17 bits per heavy atom. The predicted molar refractivity (Wildman–Crippen MR) is 127 cm³/mol. The van der Waals surface area contributed by atoms with Crippen molar-refractivity contribution in [1.29, 1.82) is 0 Å². The molecule has 1 aromatic carbocycles. The largest absolute Gasteiger partial charge is 0.377 e. The molecule has 0 spiro atoms. The third kappa shape index (κ3) is 8.14. The first-order chi connectivity index (χ1) is 14.0. The molecule has 0 unspecified atom stereocenters. The summed E-state index contributed by atoms with van der Waals surface area (Å²) < 4.78 is 27.1. The quantitative estimate of drug-likeness (QED) is 0.510. The number of hydrogen-bond acceptors (Lipinski definition) is 5. The van der Waals surface area contributed by atoms with Crippen LogP contribution in [0.25, 0.3) is 0 Å². The molecular weight excluding hydrogens is 400 g/mol. The van der Waals surface area contributed by atoms with E-state index in [0.29, 0.717) is 25.2 Å². The smallest absolute Gasteiger partial charge is 0.232 e. The van der Waals surface area contributed by atoms with Gasteiger partial charge >= 0.3 is 0 Å². The molecule has 1 amide bonds. The van der Waals surface area contributed by atoms with Crippen molar-refractivity contribution in [2.75, 3.05) is 56.7 Å². The van der Waals surface area contributed by atoms with Crippen LogP contribution in [0.1, 0.15) is 45.6 Å². The Morgan fingerprint density at radius 1 is 1.03 bits per heavy atom. The van der Waals surface area contributed by atoms with Gasteiger partial charge in [-0.15, -0.1) is 0 Å². The van der Waals surface area contributed by atoms with Gasteiger partial charge < -0.3 is 14.7 Å². The highest BCUT2D eigenvalue weighted by Crippen LogP contribution is 2.26. The van der Waals surface area contributed by atoms with Crippen molar-refractivity contribution in [3.8, 4) is 0 Å². The molecule has 0 aliphatic carbocycles. The molecule has 1 aromatic rings. The summed E-state index contributed by atoms with van der Waals surface area (Å²) in [6.45, 7) is 7.77. The number of sulfonamides is 1. The second-order valence-corrected chi connectivity index (χ2v) is 10.1. The van der Waals surface area contributed by atoms with Gasteiger partial charge in [0, 0.05) is 51.0 Å². The molecule has 0 aliphatic rings. The fourth-order valence-electron chi connectivity index (χ4n) is 3.40. The lowest BCUT2D eigenvalue weighted by atomic mass is 10.0. The molecule has 0 fully saturated rings. The lowest BCUT2D eigenvalue weighted by Crippen LogP contribution is -2.40. The van der Waals surface area contributed by atoms with Crippen LogP contribution in [-0.2, 0) is 21.4 Å². The second kappa shape index (κ2) is 12.2. The summed E-state index contributed by atoms with van der Waals surface area (Å²) >= 11 is 0. The Balaban J connectivity index is 3.26. The molecule has 8 heteroatoms. The van der Waals surface area contributed by atoms with Gasteiger partial charge in [0.1, 0.15) is 0 Å². The Bertz CT molecular complexity index is 775. The molecule has 0 heterocycles. The molecule has 0 aromatic heterocycles. The molecule has 1 N–H and O–H groups in total. The maximum absolute atomic E-state index is 13.2. The van der Waals surface area contributed by atoms with Crippen molar-refractivity contribution in [2.24, 2.45) is 5.92 Å². The number of benzene rings is 1. The number of nitrogens with one attached hydrogen (secondary N) is 1. The van der Waals surface area contributed by atoms with Gasteiger partial charge in [-0.05, 0) is 57.1 Å². The van der Waals surface area contributed by atoms with Gasteiger partial charge in [-0.1, -0.05) is 20.8 Å². The summed E-state index contributed by atoms with van der Waals surface area (Å²) in [4.78, 5) is 19.1. The van der Waals surface area contributed by atoms with E-state index in [0.717, 1.165) is 30.6 Å². The van der Waals surface area contributed by atoms with E-state index in [9.17, 15) is 13.2 Å². The van der Waals surface area contributed by atoms with E-state index in [-0.39, 0.29) is 17.6 Å². The van der Waals surface area contributed by atoms with Crippen LogP contribution < -0.4 is 9.62 Å². The molecule has 30 heavy (non-hydrogen) atoms. The third-order valence-electron chi connectivity index (χ3n) is 5.13. The first kappa shape index (κ1) is 26.2. The number of anilines is 2. The molecule has 0 bridgehead atoms. The molecule has 0 atom stereocenters. The topological polar surface area (TPSA) is 73.0 Å². The number of carbonyl (C=O) groups excluding carboxylic acids is 1. The van der Waals surface area contributed by atoms with Gasteiger partial charge in [-0.3, -0.25) is 9.52 Å². The minimum absolute atomic E-state index is 0.00112. The van der Waals surface area contributed by atoms with Crippen molar-refractivity contribution in [3.05, 3.63) is 23.8 Å². The minimum atomic E-state index is -3.37. The highest BCUT2D eigenvalue weighted by atomic mass is 32.2. The number of hydrogen-bond donors (Lipinski definition) is 1. The summed E-state index contributed by atoms with van der Waals surface area (Å²) in [7, 11) is 4.52. The predicted octanol–water partition coefficient (Wildman–Crippen LogP) is 3.23. The molecule has 1 rings (SSSR count). The molecular formula is C22H40N4O3S. The average Bonchev–Trinajstić information content (AvgIpc) is 2.65. The zero-order chi connectivity index (χ0) is 22.9. The van der Waals surface area contributed by atoms with Gasteiger partial charge in [-0.2, -0.15) is 0 Å². The fourth-order valence-corrected chi connectivity index (χ4v) is 4.53. The van der Waals surface area contributed by atoms with E-state index in [4.69, 9.17) is 0 Å². The second-order valence-electron chi connectivity index (χ2n) is 8.24. The van der Waals surface area contributed by atoms with E-state index >= 15 is 0 Å². The first-order valence-corrected chi connectivity index (χ1v) is 12.4. The summed E-state index contributed by atoms with van der Waals surface area (Å²) in [6.07, 6.45) is 2.18. The van der Waals surface area contributed by atoms with Crippen LogP contribution in [0.5, 0.6) is 0 Å². The fraction of sp³-hybridized carbons (Fsp3) is 0.682. The first-order valence-electron chi connectivity index (χ1n) is 10.8. The Kier molecular flexibility index (Phi) is 10.6. The summed E-state index contributed by atoms with van der Waals surface area (Å²) in [5, 5.41) is 0. The maximum atomic E-state index is 13.2. The van der Waals surface area contributed by atoms with Crippen molar-refractivity contribution < 1.29 is 13.2 Å². The number of amides is 1. The van der Waals surface area contributed by atoms with Crippen LogP contribution in [0.3, 0.4) is 0 Å². The maximum Gasteiger partial charge on any atom is 0.232 e. The lowest BCUT2D eigenvalue weighted by molar-refractivity contribution is -0.136. The number of carbonyl (C=O) groups is 1. The zero-order valence-electron chi connectivity index (χ0n) is 19.7. The molecule has 0 radical (unpaired) electrons. The third-order valence-corrected chi connectivity index (χ3v) is 6.62. The summed E-state index contributed by atoms with van der Waals surface area (Å²) in [5.74, 6) is 0.240. The van der Waals surface area contributed by atoms with E-state index in [1.54, 1.807) is 6.07 Å². The van der Waals surface area contributed by atoms with E-state index in [2.05, 4.69) is 9.62 Å². The molecule has 0 aliphatic heterocycles. The Morgan fingerprint density at radius 2 is 1.67 bits per heavy atom. The molecule has 0 saturated heterocycles. The minimum Gasteiger partial charge on any atom is -0.377 e. The standard InChI is InChI=1S/C22H40N4O3S/c1-8-15-30(28,29)23-20-11-12-21(25(6)7)19(16-20)17-26(14-13-24(4)5)22(27)18(9-2)10-3/h11-12,16,18,23H,8-10,13-15,17H2,1-7H3. The van der Waals surface area contributed by atoms with Crippen LogP contribution in [0.2, 0.25) is 0 Å². The summed E-state index contributed by atoms with van der Waals surface area (Å²) in [6, 6.07) is 5.54. The number of rotatable bonds is 13. The van der Waals surface area contributed by atoms with Gasteiger partial charge in [0.2, 0.25) is 15.9 Å². The van der Waals surface area contributed by atoms with Crippen LogP contribution in [0, 0.1) is 5.92 Å². The Labute approximate surface area is 183 Å². The van der Waals surface area contributed by atoms with Gasteiger partial charge in [0.25, 0.3) is 0 Å². The lowest BCUT2D eigenvalue weighted by Gasteiger charge is -2.30. The van der Waals surface area contributed by atoms with Crippen molar-refractivity contribution in [1.82, 2.24) is 9.80 Å². The SMILES string of the molecule is CCCS(=O)(=O)Nc1ccc(N(C)C)c(CN(CCN(C)C)C(=O)C(CC)CC)c1. The van der Waals surface area contributed by atoms with Gasteiger partial charge in [-0.25, -0.2) is 8.42 Å². The normalized spacial score (nSPS) is 11.8. The molecule has 172 valence electrons. The van der Waals surface area contributed by atoms with Crippen LogP contribution in [-0.4, -0.2) is 71.2 Å². The molecule has 7 nitrogen and oxygen atoms in total. The highest BCUT2D eigenvalue weighted by Gasteiger charge is 2.23. The van der Waals surface area contributed by atoms with E-state index in [1.807, 2.05) is 70.9 Å². The number of likely N-dealkylation sites (N-methyl/N-ethyl adjacent to an activating group) is 1. The van der Waals surface area contributed by atoms with Crippen LogP contribution in [0.4, 0.5) is 11.4 Å². The zero-order valence-corrected chi connectivity index (χ0v) is 20.6. The van der Waals surface area contributed by atoms with Crippen LogP contribution >= 0.6 is 0 Å². The van der Waals surface area contributed by atoms with Crippen molar-refractivity contribution in [3.63, 3.8) is 0 Å². The number of nitrogens with zero attached hydrogens (tertiary/aromatic N) is 3. The molecule has 0 saturated carbocycles. The average molecular weight is 441 g/mol. The van der Waals surface area contributed by atoms with E-state index < -0.39 is 10.0 Å². The van der Waals surface area contributed by atoms with Gasteiger partial charge in [0.15, 0.2) is 0 Å².